The van der Waals surface area contributed by atoms with E-state index in [9.17, 15) is 0 Å². The number of unbranched alkanes of at least 4 members (excludes halogenated alkanes) is 1. The minimum absolute atomic E-state index is 0.617. The van der Waals surface area contributed by atoms with Crippen LogP contribution in [0.1, 0.15) is 50.7 Å². The van der Waals surface area contributed by atoms with Crippen molar-refractivity contribution in [2.24, 2.45) is 5.92 Å². The summed E-state index contributed by atoms with van der Waals surface area (Å²) < 4.78 is 6.21. The molecule has 214 valence electrons. The topological polar surface area (TPSA) is 12.5 Å². The highest BCUT2D eigenvalue weighted by Gasteiger charge is 2.14. The fraction of sp³-hybridized carbons (Fsp3) is 0.250. The first kappa shape index (κ1) is 29.2. The number of ether oxygens (including phenoxy) is 1. The maximum atomic E-state index is 6.21. The highest BCUT2D eigenvalue weighted by atomic mass is 16.5. The van der Waals surface area contributed by atoms with Crippen molar-refractivity contribution in [1.29, 1.82) is 0 Å². The van der Waals surface area contributed by atoms with Crippen LogP contribution in [0.2, 0.25) is 0 Å². The number of hydrogen-bond donors (Lipinski definition) is 0. The molecule has 0 heterocycles. The molecule has 5 aromatic carbocycles. The molecule has 0 bridgehead atoms. The molecule has 2 heteroatoms. The Morgan fingerprint density at radius 1 is 0.524 bits per heavy atom. The molecule has 0 aliphatic rings. The summed E-state index contributed by atoms with van der Waals surface area (Å²) in [7, 11) is 0. The van der Waals surface area contributed by atoms with Crippen LogP contribution in [0, 0.1) is 19.8 Å². The van der Waals surface area contributed by atoms with E-state index in [2.05, 4.69) is 154 Å². The van der Waals surface area contributed by atoms with Gasteiger partial charge in [0.15, 0.2) is 0 Å². The summed E-state index contributed by atoms with van der Waals surface area (Å²) >= 11 is 0. The fourth-order valence-corrected chi connectivity index (χ4v) is 5.35. The van der Waals surface area contributed by atoms with Crippen molar-refractivity contribution in [3.63, 3.8) is 0 Å². The molecular weight excluding hydrogens is 510 g/mol. The van der Waals surface area contributed by atoms with Gasteiger partial charge in [-0.25, -0.2) is 0 Å². The lowest BCUT2D eigenvalue weighted by atomic mass is 9.99. The van der Waals surface area contributed by atoms with Crippen LogP contribution in [0.3, 0.4) is 0 Å². The molecule has 42 heavy (non-hydrogen) atoms. The van der Waals surface area contributed by atoms with E-state index < -0.39 is 0 Å². The highest BCUT2D eigenvalue weighted by Crippen LogP contribution is 2.37. The van der Waals surface area contributed by atoms with Crippen molar-refractivity contribution >= 4 is 17.1 Å². The van der Waals surface area contributed by atoms with Crippen LogP contribution in [0.5, 0.6) is 5.75 Å². The lowest BCUT2D eigenvalue weighted by molar-refractivity contribution is 0.233. The Morgan fingerprint density at radius 3 is 1.36 bits per heavy atom. The zero-order valence-corrected chi connectivity index (χ0v) is 25.5. The van der Waals surface area contributed by atoms with E-state index in [0.29, 0.717) is 5.92 Å². The molecule has 0 fully saturated rings. The predicted octanol–water partition coefficient (Wildman–Crippen LogP) is 11.7. The molecule has 0 aliphatic carbocycles. The molecule has 1 unspecified atom stereocenters. The van der Waals surface area contributed by atoms with Crippen LogP contribution < -0.4 is 9.64 Å². The van der Waals surface area contributed by atoms with Gasteiger partial charge in [0.1, 0.15) is 5.75 Å². The minimum Gasteiger partial charge on any atom is -0.493 e. The first-order valence-electron chi connectivity index (χ1n) is 15.4. The van der Waals surface area contributed by atoms with Gasteiger partial charge in [-0.15, -0.1) is 0 Å². The van der Waals surface area contributed by atoms with Crippen LogP contribution >= 0.6 is 0 Å². The summed E-state index contributed by atoms with van der Waals surface area (Å²) in [4.78, 5) is 2.31. The molecule has 5 aromatic rings. The second kappa shape index (κ2) is 14.0. The molecule has 1 atom stereocenters. The van der Waals surface area contributed by atoms with Gasteiger partial charge in [-0.2, -0.15) is 0 Å². The lowest BCUT2D eigenvalue weighted by Crippen LogP contribution is -2.12. The Kier molecular flexibility index (Phi) is 9.77. The van der Waals surface area contributed by atoms with Crippen molar-refractivity contribution in [3.05, 3.63) is 132 Å². The van der Waals surface area contributed by atoms with Gasteiger partial charge in [-0.1, -0.05) is 117 Å². The monoisotopic (exact) mass is 553 g/mol. The van der Waals surface area contributed by atoms with Gasteiger partial charge in [0.25, 0.3) is 0 Å². The van der Waals surface area contributed by atoms with E-state index in [1.165, 1.54) is 52.6 Å². The predicted molar refractivity (Wildman–Crippen MR) is 180 cm³/mol. The van der Waals surface area contributed by atoms with Crippen LogP contribution in [0.15, 0.2) is 121 Å². The van der Waals surface area contributed by atoms with Gasteiger partial charge >= 0.3 is 0 Å². The summed E-state index contributed by atoms with van der Waals surface area (Å²) in [5, 5.41) is 0. The maximum Gasteiger partial charge on any atom is 0.119 e. The van der Waals surface area contributed by atoms with E-state index in [4.69, 9.17) is 4.74 Å². The van der Waals surface area contributed by atoms with Crippen LogP contribution in [-0.4, -0.2) is 6.61 Å². The average Bonchev–Trinajstić information content (AvgIpc) is 3.04. The number of hydrogen-bond acceptors (Lipinski definition) is 2. The molecule has 0 saturated carbocycles. The quantitative estimate of drug-likeness (QED) is 0.152. The van der Waals surface area contributed by atoms with Crippen LogP contribution in [-0.2, 0) is 0 Å². The third-order valence-corrected chi connectivity index (χ3v) is 8.14. The van der Waals surface area contributed by atoms with Crippen LogP contribution in [0.4, 0.5) is 17.1 Å². The summed E-state index contributed by atoms with van der Waals surface area (Å²) in [5.74, 6) is 1.55. The van der Waals surface area contributed by atoms with E-state index in [1.54, 1.807) is 0 Å². The Bertz CT molecular complexity index is 1520. The molecule has 0 aliphatic heterocycles. The van der Waals surface area contributed by atoms with Crippen molar-refractivity contribution < 1.29 is 4.74 Å². The Hall–Kier alpha value is -4.30. The number of benzene rings is 5. The Morgan fingerprint density at radius 2 is 0.905 bits per heavy atom. The number of anilines is 3. The summed E-state index contributed by atoms with van der Waals surface area (Å²) in [6.07, 6.45) is 4.90. The van der Waals surface area contributed by atoms with Gasteiger partial charge in [0.05, 0.1) is 6.61 Å². The number of aryl methyl sites for hydroxylation is 2. The second-order valence-electron chi connectivity index (χ2n) is 11.4. The van der Waals surface area contributed by atoms with Crippen LogP contribution in [0.25, 0.3) is 22.3 Å². The maximum absolute atomic E-state index is 6.21. The molecular formula is C40H43NO. The number of rotatable bonds is 12. The summed E-state index contributed by atoms with van der Waals surface area (Å²) in [5.41, 5.74) is 10.8. The molecule has 0 amide bonds. The Labute approximate surface area is 252 Å². The van der Waals surface area contributed by atoms with Crippen molar-refractivity contribution in [2.75, 3.05) is 11.5 Å². The van der Waals surface area contributed by atoms with Gasteiger partial charge in [0, 0.05) is 17.1 Å². The van der Waals surface area contributed by atoms with E-state index in [1.807, 2.05) is 0 Å². The summed E-state index contributed by atoms with van der Waals surface area (Å²) in [6, 6.07) is 43.7. The van der Waals surface area contributed by atoms with Crippen molar-refractivity contribution in [1.82, 2.24) is 0 Å². The van der Waals surface area contributed by atoms with E-state index >= 15 is 0 Å². The van der Waals surface area contributed by atoms with E-state index in [0.717, 1.165) is 35.8 Å². The molecule has 0 radical (unpaired) electrons. The summed E-state index contributed by atoms with van der Waals surface area (Å²) in [6.45, 7) is 9.55. The molecule has 0 saturated heterocycles. The van der Waals surface area contributed by atoms with Gasteiger partial charge in [-0.05, 0) is 97.0 Å². The zero-order valence-electron chi connectivity index (χ0n) is 25.5. The number of nitrogens with zero attached hydrogens (tertiary/aromatic N) is 1. The standard InChI is InChI=1S/C40H43NO/c1-5-7-8-32(6-2)29-42-40-27-25-39(26-28-40)41(37-21-11-31(4)12-22-37)38-23-19-36(20-24-38)35-17-15-34(16-18-35)33-13-9-30(3)10-14-33/h9-28,32H,5-8,29H2,1-4H3. The molecule has 5 rings (SSSR count). The van der Waals surface area contributed by atoms with Gasteiger partial charge < -0.3 is 9.64 Å². The average molecular weight is 554 g/mol. The van der Waals surface area contributed by atoms with Crippen molar-refractivity contribution in [2.45, 2.75) is 53.4 Å². The third kappa shape index (κ3) is 7.31. The van der Waals surface area contributed by atoms with E-state index in [-0.39, 0.29) is 0 Å². The molecule has 0 aromatic heterocycles. The second-order valence-corrected chi connectivity index (χ2v) is 11.4. The molecule has 0 N–H and O–H groups in total. The first-order chi connectivity index (χ1) is 20.5. The minimum atomic E-state index is 0.617. The highest BCUT2D eigenvalue weighted by molar-refractivity contribution is 5.79. The zero-order chi connectivity index (χ0) is 29.3. The van der Waals surface area contributed by atoms with Gasteiger partial charge in [0.2, 0.25) is 0 Å². The lowest BCUT2D eigenvalue weighted by Gasteiger charge is -2.26. The molecule has 2 nitrogen and oxygen atoms in total. The van der Waals surface area contributed by atoms with Crippen molar-refractivity contribution in [3.8, 4) is 28.0 Å². The largest absolute Gasteiger partial charge is 0.493 e. The van der Waals surface area contributed by atoms with Gasteiger partial charge in [-0.3, -0.25) is 0 Å². The fourth-order valence-electron chi connectivity index (χ4n) is 5.35. The Balaban J connectivity index is 1.36. The first-order valence-corrected chi connectivity index (χ1v) is 15.4. The SMILES string of the molecule is CCCCC(CC)COc1ccc(N(c2ccc(C)cc2)c2ccc(-c3ccc(-c4ccc(C)cc4)cc3)cc2)cc1. The molecule has 0 spiro atoms. The smallest absolute Gasteiger partial charge is 0.119 e. The normalized spacial score (nSPS) is 11.7. The third-order valence-electron chi connectivity index (χ3n) is 8.14.